The smallest absolute Gasteiger partial charge is 0.246 e. The molecule has 6 heteroatoms. The van der Waals surface area contributed by atoms with Gasteiger partial charge in [-0.05, 0) is 38.0 Å². The molecule has 138 valence electrons. The fourth-order valence-corrected chi connectivity index (χ4v) is 3.85. The summed E-state index contributed by atoms with van der Waals surface area (Å²) in [7, 11) is 0. The van der Waals surface area contributed by atoms with E-state index in [9.17, 15) is 9.59 Å². The first-order valence-corrected chi connectivity index (χ1v) is 9.74. The molecule has 26 heavy (non-hydrogen) atoms. The highest BCUT2D eigenvalue weighted by atomic mass is 32.2. The molecule has 3 rings (SSSR count). The average Bonchev–Trinajstić information content (AvgIpc) is 3.14. The summed E-state index contributed by atoms with van der Waals surface area (Å²) in [5.41, 5.74) is 1.17. The van der Waals surface area contributed by atoms with Gasteiger partial charge in [-0.3, -0.25) is 9.59 Å². The second-order valence-corrected chi connectivity index (χ2v) is 8.56. The Hall–Kier alpha value is -2.21. The van der Waals surface area contributed by atoms with Crippen LogP contribution >= 0.6 is 11.8 Å². The number of nitrogens with one attached hydrogen (secondary N) is 1. The lowest BCUT2D eigenvalue weighted by Gasteiger charge is -2.35. The molecule has 1 aliphatic rings. The van der Waals surface area contributed by atoms with E-state index in [1.54, 1.807) is 11.2 Å². The van der Waals surface area contributed by atoms with E-state index in [2.05, 4.69) is 17.4 Å². The van der Waals surface area contributed by atoms with Crippen LogP contribution in [0.3, 0.4) is 0 Å². The largest absolute Gasteiger partial charge is 0.467 e. The van der Waals surface area contributed by atoms with Gasteiger partial charge in [-0.15, -0.1) is 11.8 Å². The molecule has 1 aromatic heterocycles. The van der Waals surface area contributed by atoms with Crippen LogP contribution in [-0.4, -0.2) is 39.8 Å². The van der Waals surface area contributed by atoms with Crippen molar-refractivity contribution in [1.29, 1.82) is 0 Å². The van der Waals surface area contributed by atoms with Crippen molar-refractivity contribution in [1.82, 2.24) is 10.2 Å². The minimum Gasteiger partial charge on any atom is -0.467 e. The van der Waals surface area contributed by atoms with Gasteiger partial charge in [0.2, 0.25) is 11.8 Å². The molecule has 1 aliphatic heterocycles. The fraction of sp³-hybridized carbons (Fsp3) is 0.400. The standard InChI is InChI=1S/C20H24N2O3S/c1-20(2)19(24)21-17(14-26-20)18(23)22(13-16-9-6-12-25-16)11-10-15-7-4-3-5-8-15/h3-9,12,17H,10-11,13-14H2,1-2H3,(H,21,24)/t17-/m0/s1. The first-order valence-electron chi connectivity index (χ1n) is 8.76. The Morgan fingerprint density at radius 3 is 2.69 bits per heavy atom. The molecule has 2 heterocycles. The van der Waals surface area contributed by atoms with Crippen molar-refractivity contribution in [2.24, 2.45) is 0 Å². The lowest BCUT2D eigenvalue weighted by molar-refractivity contribution is -0.137. The highest BCUT2D eigenvalue weighted by molar-refractivity contribution is 8.01. The Morgan fingerprint density at radius 1 is 1.27 bits per heavy atom. The number of hydrogen-bond donors (Lipinski definition) is 1. The van der Waals surface area contributed by atoms with Gasteiger partial charge >= 0.3 is 0 Å². The number of amides is 2. The van der Waals surface area contributed by atoms with E-state index >= 15 is 0 Å². The van der Waals surface area contributed by atoms with E-state index < -0.39 is 10.8 Å². The second-order valence-electron chi connectivity index (χ2n) is 6.92. The molecule has 1 aromatic carbocycles. The molecule has 0 aliphatic carbocycles. The van der Waals surface area contributed by atoms with Crippen molar-refractivity contribution < 1.29 is 14.0 Å². The number of benzene rings is 1. The summed E-state index contributed by atoms with van der Waals surface area (Å²) in [4.78, 5) is 27.1. The van der Waals surface area contributed by atoms with Crippen LogP contribution in [0.15, 0.2) is 53.1 Å². The van der Waals surface area contributed by atoms with Crippen LogP contribution in [0.2, 0.25) is 0 Å². The van der Waals surface area contributed by atoms with Crippen molar-refractivity contribution in [3.8, 4) is 0 Å². The summed E-state index contributed by atoms with van der Waals surface area (Å²) >= 11 is 1.52. The normalized spacial score (nSPS) is 19.0. The van der Waals surface area contributed by atoms with E-state index in [0.29, 0.717) is 18.8 Å². The van der Waals surface area contributed by atoms with Crippen molar-refractivity contribution in [3.63, 3.8) is 0 Å². The van der Waals surface area contributed by atoms with Crippen LogP contribution in [0.25, 0.3) is 0 Å². The summed E-state index contributed by atoms with van der Waals surface area (Å²) in [5.74, 6) is 1.17. The predicted octanol–water partition coefficient (Wildman–Crippen LogP) is 2.86. The summed E-state index contributed by atoms with van der Waals surface area (Å²) in [6.07, 6.45) is 2.36. The van der Waals surface area contributed by atoms with Gasteiger partial charge in [0, 0.05) is 12.3 Å². The molecule has 0 saturated carbocycles. The van der Waals surface area contributed by atoms with E-state index in [1.165, 1.54) is 17.3 Å². The van der Waals surface area contributed by atoms with Gasteiger partial charge < -0.3 is 14.6 Å². The predicted molar refractivity (Wildman–Crippen MR) is 103 cm³/mol. The zero-order valence-corrected chi connectivity index (χ0v) is 15.9. The molecule has 0 unspecified atom stereocenters. The van der Waals surface area contributed by atoms with Gasteiger partial charge in [-0.1, -0.05) is 30.3 Å². The SMILES string of the molecule is CC1(C)SC[C@@H](C(=O)N(CCc2ccccc2)Cc2ccco2)NC1=O. The van der Waals surface area contributed by atoms with Gasteiger partial charge in [0.1, 0.15) is 11.8 Å². The number of hydrogen-bond acceptors (Lipinski definition) is 4. The Labute approximate surface area is 158 Å². The maximum atomic E-state index is 13.1. The molecule has 0 radical (unpaired) electrons. The highest BCUT2D eigenvalue weighted by Crippen LogP contribution is 2.29. The van der Waals surface area contributed by atoms with Gasteiger partial charge in [-0.25, -0.2) is 0 Å². The zero-order chi connectivity index (χ0) is 18.6. The third kappa shape index (κ3) is 4.49. The molecule has 0 spiro atoms. The molecule has 2 aromatic rings. The molecule has 5 nitrogen and oxygen atoms in total. The minimum absolute atomic E-state index is 0.0614. The quantitative estimate of drug-likeness (QED) is 0.847. The number of carbonyl (C=O) groups excluding carboxylic acids is 2. The zero-order valence-electron chi connectivity index (χ0n) is 15.1. The summed E-state index contributed by atoms with van der Waals surface area (Å²) in [6.45, 7) is 4.73. The maximum Gasteiger partial charge on any atom is 0.246 e. The van der Waals surface area contributed by atoms with Crippen LogP contribution in [-0.2, 0) is 22.6 Å². The van der Waals surface area contributed by atoms with E-state index in [1.807, 2.05) is 44.2 Å². The second kappa shape index (κ2) is 7.99. The third-order valence-corrected chi connectivity index (χ3v) is 5.92. The van der Waals surface area contributed by atoms with Gasteiger partial charge in [0.05, 0.1) is 17.6 Å². The van der Waals surface area contributed by atoms with Gasteiger partial charge in [-0.2, -0.15) is 0 Å². The Balaban J connectivity index is 1.69. The van der Waals surface area contributed by atoms with Crippen molar-refractivity contribution in [2.75, 3.05) is 12.3 Å². The van der Waals surface area contributed by atoms with E-state index in [-0.39, 0.29) is 11.8 Å². The minimum atomic E-state index is -0.494. The molecule has 1 fully saturated rings. The molecule has 1 atom stereocenters. The topological polar surface area (TPSA) is 62.6 Å². The van der Waals surface area contributed by atoms with E-state index in [0.717, 1.165) is 12.2 Å². The van der Waals surface area contributed by atoms with Crippen LogP contribution < -0.4 is 5.32 Å². The molecule has 2 amide bonds. The number of nitrogens with zero attached hydrogens (tertiary/aromatic N) is 1. The van der Waals surface area contributed by atoms with E-state index in [4.69, 9.17) is 4.42 Å². The number of carbonyl (C=O) groups is 2. The van der Waals surface area contributed by atoms with Crippen LogP contribution in [0, 0.1) is 0 Å². The summed E-state index contributed by atoms with van der Waals surface area (Å²) < 4.78 is 4.93. The third-order valence-electron chi connectivity index (χ3n) is 4.51. The summed E-state index contributed by atoms with van der Waals surface area (Å²) in [5, 5.41) is 2.88. The Bertz CT molecular complexity index is 744. The lowest BCUT2D eigenvalue weighted by Crippen LogP contribution is -2.57. The monoisotopic (exact) mass is 372 g/mol. The summed E-state index contributed by atoms with van der Waals surface area (Å²) in [6, 6.07) is 13.3. The lowest BCUT2D eigenvalue weighted by atomic mass is 10.1. The first kappa shape index (κ1) is 18.6. The molecule has 0 bridgehead atoms. The molecular weight excluding hydrogens is 348 g/mol. The molecule has 1 N–H and O–H groups in total. The van der Waals surface area contributed by atoms with Crippen molar-refractivity contribution >= 4 is 23.6 Å². The molecule has 1 saturated heterocycles. The van der Waals surface area contributed by atoms with Crippen molar-refractivity contribution in [2.45, 2.75) is 37.6 Å². The highest BCUT2D eigenvalue weighted by Gasteiger charge is 2.39. The van der Waals surface area contributed by atoms with Crippen LogP contribution in [0.1, 0.15) is 25.2 Å². The number of furan rings is 1. The van der Waals surface area contributed by atoms with Gasteiger partial charge in [0.15, 0.2) is 0 Å². The number of thioether (sulfide) groups is 1. The van der Waals surface area contributed by atoms with Gasteiger partial charge in [0.25, 0.3) is 0 Å². The van der Waals surface area contributed by atoms with Crippen LogP contribution in [0.5, 0.6) is 0 Å². The fourth-order valence-electron chi connectivity index (χ4n) is 2.85. The Kier molecular flexibility index (Phi) is 5.71. The van der Waals surface area contributed by atoms with Crippen molar-refractivity contribution in [3.05, 3.63) is 60.1 Å². The Morgan fingerprint density at radius 2 is 2.04 bits per heavy atom. The number of rotatable bonds is 6. The first-order chi connectivity index (χ1) is 12.5. The molecular formula is C20H24N2O3S. The van der Waals surface area contributed by atoms with Crippen LogP contribution in [0.4, 0.5) is 0 Å². The average molecular weight is 372 g/mol. The maximum absolute atomic E-state index is 13.1.